The summed E-state index contributed by atoms with van der Waals surface area (Å²) in [4.78, 5) is 25.4. The van der Waals surface area contributed by atoms with Crippen molar-refractivity contribution in [2.24, 2.45) is 0 Å². The van der Waals surface area contributed by atoms with Gasteiger partial charge in [0, 0.05) is 29.4 Å². The fourth-order valence-corrected chi connectivity index (χ4v) is 3.35. The normalized spacial score (nSPS) is 16.2. The number of rotatable bonds is 2. The Bertz CT molecular complexity index is 1100. The van der Waals surface area contributed by atoms with Crippen molar-refractivity contribution >= 4 is 17.1 Å². The van der Waals surface area contributed by atoms with Crippen LogP contribution in [0.15, 0.2) is 54.3 Å². The molecule has 1 aliphatic carbocycles. The third-order valence-corrected chi connectivity index (χ3v) is 4.87. The van der Waals surface area contributed by atoms with Crippen molar-refractivity contribution in [1.29, 1.82) is 0 Å². The van der Waals surface area contributed by atoms with Gasteiger partial charge in [-0.05, 0) is 18.2 Å². The zero-order chi connectivity index (χ0) is 22.5. The first-order valence-corrected chi connectivity index (χ1v) is 9.99. The summed E-state index contributed by atoms with van der Waals surface area (Å²) in [6.07, 6.45) is 2.41. The predicted molar refractivity (Wildman–Crippen MR) is 114 cm³/mol. The van der Waals surface area contributed by atoms with Gasteiger partial charge >= 0.3 is 0 Å². The van der Waals surface area contributed by atoms with Crippen molar-refractivity contribution in [2.75, 3.05) is 40.6 Å². The Morgan fingerprint density at radius 1 is 0.688 bits per heavy atom. The molecule has 0 saturated carbocycles. The van der Waals surface area contributed by atoms with Crippen LogP contribution in [0.25, 0.3) is 5.57 Å². The van der Waals surface area contributed by atoms with Gasteiger partial charge in [0.2, 0.25) is 5.78 Å². The molecule has 0 aromatic heterocycles. The fraction of sp³-hybridized carbons (Fsp3) is 0.250. The zero-order valence-electron chi connectivity index (χ0n) is 17.7. The van der Waals surface area contributed by atoms with Gasteiger partial charge in [0.1, 0.15) is 32.2 Å². The molecule has 8 heteroatoms. The van der Waals surface area contributed by atoms with Crippen LogP contribution in [0.5, 0.6) is 28.7 Å². The van der Waals surface area contributed by atoms with E-state index in [4.69, 9.17) is 28.4 Å². The van der Waals surface area contributed by atoms with Crippen molar-refractivity contribution in [3.63, 3.8) is 0 Å². The van der Waals surface area contributed by atoms with Crippen LogP contribution in [0.1, 0.15) is 5.56 Å². The molecular weight excluding hydrogens is 416 g/mol. The van der Waals surface area contributed by atoms with Gasteiger partial charge in [0.25, 0.3) is 0 Å². The standard InChI is InChI=1S/C24H22O8/c1-27-21-14-24-23(28-2)12-16(21)15-11-18(26)22(13-17(15)25)31-9-7-29-19-5-3-4-6-20(19)30-8-10-32-24/h3-6,11-14H,7-10H2,1-2H3. The quantitative estimate of drug-likeness (QED) is 0.661. The third kappa shape index (κ3) is 4.39. The van der Waals surface area contributed by atoms with Crippen LogP contribution in [0.3, 0.4) is 0 Å². The second kappa shape index (κ2) is 9.47. The van der Waals surface area contributed by atoms with Crippen molar-refractivity contribution in [2.45, 2.75) is 0 Å². The smallest absolute Gasteiger partial charge is 0.221 e. The molecule has 0 saturated heterocycles. The molecule has 4 bridgehead atoms. The number of allylic oxidation sites excluding steroid dienone is 3. The van der Waals surface area contributed by atoms with Crippen molar-refractivity contribution in [3.8, 4) is 28.7 Å². The summed E-state index contributed by atoms with van der Waals surface area (Å²) in [5, 5.41) is 0. The average molecular weight is 438 g/mol. The third-order valence-electron chi connectivity index (χ3n) is 4.87. The van der Waals surface area contributed by atoms with Gasteiger partial charge in [-0.1, -0.05) is 12.1 Å². The molecule has 6 rings (SSSR count). The molecule has 0 spiro atoms. The summed E-state index contributed by atoms with van der Waals surface area (Å²) in [5.41, 5.74) is 0.596. The highest BCUT2D eigenvalue weighted by atomic mass is 16.6. The first-order valence-electron chi connectivity index (χ1n) is 9.99. The highest BCUT2D eigenvalue weighted by Gasteiger charge is 2.26. The first-order chi connectivity index (χ1) is 15.6. The summed E-state index contributed by atoms with van der Waals surface area (Å²) in [6, 6.07) is 10.4. The highest BCUT2D eigenvalue weighted by molar-refractivity contribution is 6.35. The summed E-state index contributed by atoms with van der Waals surface area (Å²) >= 11 is 0. The molecular formula is C24H22O8. The summed E-state index contributed by atoms with van der Waals surface area (Å²) in [6.45, 7) is 0.729. The minimum absolute atomic E-state index is 0.0427. The molecule has 3 heterocycles. The van der Waals surface area contributed by atoms with Crippen LogP contribution in [-0.2, 0) is 14.3 Å². The largest absolute Gasteiger partial charge is 0.496 e. The summed E-state index contributed by atoms with van der Waals surface area (Å²) in [7, 11) is 2.96. The Balaban J connectivity index is 1.72. The lowest BCUT2D eigenvalue weighted by Gasteiger charge is -2.19. The molecule has 4 aliphatic rings. The Hall–Kier alpha value is -3.94. The van der Waals surface area contributed by atoms with Gasteiger partial charge in [-0.2, -0.15) is 0 Å². The van der Waals surface area contributed by atoms with Crippen LogP contribution < -0.4 is 23.7 Å². The van der Waals surface area contributed by atoms with E-state index in [9.17, 15) is 9.59 Å². The molecule has 0 atom stereocenters. The van der Waals surface area contributed by atoms with E-state index in [1.54, 1.807) is 24.3 Å². The number of carbonyl (C=O) groups is 2. The second-order valence-electron chi connectivity index (χ2n) is 6.84. The Kier molecular flexibility index (Phi) is 6.30. The Labute approximate surface area is 184 Å². The molecule has 0 N–H and O–H groups in total. The second-order valence-corrected chi connectivity index (χ2v) is 6.84. The van der Waals surface area contributed by atoms with E-state index < -0.39 is 5.78 Å². The zero-order valence-corrected chi connectivity index (χ0v) is 17.7. The number of ether oxygens (including phenoxy) is 6. The lowest BCUT2D eigenvalue weighted by molar-refractivity contribution is -0.116. The van der Waals surface area contributed by atoms with E-state index in [0.717, 1.165) is 0 Å². The minimum Gasteiger partial charge on any atom is -0.496 e. The fourth-order valence-electron chi connectivity index (χ4n) is 3.35. The molecule has 3 aliphatic heterocycles. The molecule has 166 valence electrons. The van der Waals surface area contributed by atoms with Gasteiger partial charge < -0.3 is 28.4 Å². The van der Waals surface area contributed by atoms with Crippen LogP contribution >= 0.6 is 0 Å². The van der Waals surface area contributed by atoms with Crippen LogP contribution in [0.4, 0.5) is 0 Å². The predicted octanol–water partition coefficient (Wildman–Crippen LogP) is 2.99. The lowest BCUT2D eigenvalue weighted by atomic mass is 9.94. The maximum absolute atomic E-state index is 12.8. The average Bonchev–Trinajstić information content (AvgIpc) is 2.81. The molecule has 0 fully saturated rings. The van der Waals surface area contributed by atoms with Gasteiger partial charge in [0.15, 0.2) is 34.5 Å². The van der Waals surface area contributed by atoms with Crippen LogP contribution in [-0.4, -0.2) is 52.2 Å². The number of ketones is 2. The first kappa shape index (κ1) is 21.3. The molecule has 8 nitrogen and oxygen atoms in total. The number of benzene rings is 2. The number of carbonyl (C=O) groups excluding carboxylic acids is 2. The molecule has 2 aromatic rings. The summed E-state index contributed by atoms with van der Waals surface area (Å²) < 4.78 is 33.8. The number of para-hydroxylation sites is 2. The lowest BCUT2D eigenvalue weighted by Crippen LogP contribution is -2.18. The number of methoxy groups -OCH3 is 2. The minimum atomic E-state index is -0.425. The summed E-state index contributed by atoms with van der Waals surface area (Å²) in [5.74, 6) is 1.40. The van der Waals surface area contributed by atoms with Gasteiger partial charge in [-0.15, -0.1) is 0 Å². The molecule has 32 heavy (non-hydrogen) atoms. The SMILES string of the molecule is COc1cc2c(OC)cc1OCCOc1ccccc1OCCOC1=CC(=O)C2=CC1=O. The molecule has 0 amide bonds. The van der Waals surface area contributed by atoms with Crippen molar-refractivity contribution in [3.05, 3.63) is 59.9 Å². The Morgan fingerprint density at radius 2 is 1.28 bits per heavy atom. The topological polar surface area (TPSA) is 89.5 Å². The molecule has 0 unspecified atom stereocenters. The van der Waals surface area contributed by atoms with E-state index >= 15 is 0 Å². The van der Waals surface area contributed by atoms with Gasteiger partial charge in [-0.25, -0.2) is 0 Å². The number of hydrogen-bond donors (Lipinski definition) is 0. The molecule has 0 radical (unpaired) electrons. The van der Waals surface area contributed by atoms with Crippen molar-refractivity contribution < 1.29 is 38.0 Å². The Morgan fingerprint density at radius 3 is 1.91 bits per heavy atom. The van der Waals surface area contributed by atoms with Gasteiger partial charge in [-0.3, -0.25) is 9.59 Å². The van der Waals surface area contributed by atoms with E-state index in [2.05, 4.69) is 0 Å². The van der Waals surface area contributed by atoms with E-state index in [-0.39, 0.29) is 43.5 Å². The number of hydrogen-bond acceptors (Lipinski definition) is 8. The van der Waals surface area contributed by atoms with Gasteiger partial charge in [0.05, 0.1) is 14.2 Å². The monoisotopic (exact) mass is 438 g/mol. The number of fused-ring (bicyclic) bond motifs is 2. The van der Waals surface area contributed by atoms with Crippen molar-refractivity contribution in [1.82, 2.24) is 0 Å². The van der Waals surface area contributed by atoms with E-state index in [0.29, 0.717) is 34.3 Å². The maximum Gasteiger partial charge on any atom is 0.221 e. The highest BCUT2D eigenvalue weighted by Crippen LogP contribution is 2.39. The van der Waals surface area contributed by atoms with Crippen LogP contribution in [0.2, 0.25) is 0 Å². The van der Waals surface area contributed by atoms with E-state index in [1.165, 1.54) is 26.4 Å². The maximum atomic E-state index is 12.8. The molecule has 2 aromatic carbocycles. The van der Waals surface area contributed by atoms with Crippen LogP contribution in [0, 0.1) is 0 Å². The van der Waals surface area contributed by atoms with E-state index in [1.807, 2.05) is 12.1 Å².